The lowest BCUT2D eigenvalue weighted by molar-refractivity contribution is 0.471. The van der Waals surface area contributed by atoms with E-state index in [0.29, 0.717) is 17.3 Å². The van der Waals surface area contributed by atoms with Crippen LogP contribution in [0.5, 0.6) is 0 Å². The van der Waals surface area contributed by atoms with Gasteiger partial charge in [-0.15, -0.1) is 5.10 Å². The second-order valence-electron chi connectivity index (χ2n) is 4.92. The fourth-order valence-corrected chi connectivity index (χ4v) is 3.55. The Morgan fingerprint density at radius 2 is 1.64 bits per heavy atom. The summed E-state index contributed by atoms with van der Waals surface area (Å²) in [5.41, 5.74) is 2.25. The Labute approximate surface area is 147 Å². The quantitative estimate of drug-likeness (QED) is 0.425. The highest BCUT2D eigenvalue weighted by Crippen LogP contribution is 2.33. The molecule has 0 bridgehead atoms. The van der Waals surface area contributed by atoms with Gasteiger partial charge in [0.25, 0.3) is 4.84 Å². The summed E-state index contributed by atoms with van der Waals surface area (Å²) in [4.78, 5) is 0.293. The predicted molar refractivity (Wildman–Crippen MR) is 95.6 cm³/mol. The van der Waals surface area contributed by atoms with Crippen molar-refractivity contribution in [3.63, 3.8) is 0 Å². The van der Waals surface area contributed by atoms with Gasteiger partial charge in [0.2, 0.25) is 5.89 Å². The van der Waals surface area contributed by atoms with E-state index >= 15 is 0 Å². The largest absolute Gasteiger partial charge is 0.412 e. The molecule has 4 aromatic rings. The first-order valence-electron chi connectivity index (χ1n) is 6.53. The normalized spacial score (nSPS) is 11.5. The smallest absolute Gasteiger partial charge is 0.284 e. The van der Waals surface area contributed by atoms with E-state index in [1.165, 1.54) is 10.8 Å². The van der Waals surface area contributed by atoms with Crippen LogP contribution in [-0.2, 0) is 6.54 Å². The monoisotopic (exact) mass is 437 g/mol. The second kappa shape index (κ2) is 5.33. The molecule has 0 atom stereocenters. The maximum absolute atomic E-state index is 5.41. The van der Waals surface area contributed by atoms with Crippen LogP contribution in [0, 0.1) is 4.84 Å². The molecule has 4 nitrogen and oxygen atoms in total. The van der Waals surface area contributed by atoms with E-state index in [2.05, 4.69) is 70.9 Å². The molecule has 0 saturated carbocycles. The van der Waals surface area contributed by atoms with Crippen LogP contribution in [0.15, 0.2) is 49.8 Å². The number of halogens is 2. The molecule has 0 aliphatic carbocycles. The lowest BCUT2D eigenvalue weighted by Crippen LogP contribution is -1.99. The SMILES string of the molecule is S=c1[nH]nc(Cn2c3ccc(Br)cc3c3cc(Br)ccc32)o1. The van der Waals surface area contributed by atoms with Gasteiger partial charge in [-0.05, 0) is 48.6 Å². The number of H-pyrrole nitrogens is 1. The van der Waals surface area contributed by atoms with Gasteiger partial charge in [0.05, 0.1) is 0 Å². The highest BCUT2D eigenvalue weighted by Gasteiger charge is 2.13. The van der Waals surface area contributed by atoms with Gasteiger partial charge in [0.1, 0.15) is 6.54 Å². The molecule has 0 radical (unpaired) electrons. The number of aromatic amines is 1. The van der Waals surface area contributed by atoms with Gasteiger partial charge < -0.3 is 8.98 Å². The molecule has 0 aliphatic rings. The van der Waals surface area contributed by atoms with Crippen LogP contribution in [0.3, 0.4) is 0 Å². The number of hydrogen-bond donors (Lipinski definition) is 1. The minimum absolute atomic E-state index is 0.293. The molecule has 2 heterocycles. The van der Waals surface area contributed by atoms with Gasteiger partial charge in [0, 0.05) is 30.8 Å². The lowest BCUT2D eigenvalue weighted by atomic mass is 10.2. The van der Waals surface area contributed by atoms with Crippen LogP contribution in [0.1, 0.15) is 5.89 Å². The van der Waals surface area contributed by atoms with Crippen molar-refractivity contribution in [3.05, 3.63) is 56.1 Å². The van der Waals surface area contributed by atoms with Crippen LogP contribution in [-0.4, -0.2) is 14.8 Å². The number of benzene rings is 2. The number of fused-ring (bicyclic) bond motifs is 3. The third-order valence-electron chi connectivity index (χ3n) is 3.56. The van der Waals surface area contributed by atoms with Crippen molar-refractivity contribution in [3.8, 4) is 0 Å². The Morgan fingerprint density at radius 3 is 2.14 bits per heavy atom. The van der Waals surface area contributed by atoms with E-state index in [9.17, 15) is 0 Å². The van der Waals surface area contributed by atoms with Crippen LogP contribution >= 0.6 is 44.1 Å². The Hall–Kier alpha value is -1.44. The number of nitrogens with zero attached hydrogens (tertiary/aromatic N) is 2. The Morgan fingerprint density at radius 1 is 1.05 bits per heavy atom. The summed E-state index contributed by atoms with van der Waals surface area (Å²) >= 11 is 12.0. The summed E-state index contributed by atoms with van der Waals surface area (Å²) in [5.74, 6) is 0.564. The topological polar surface area (TPSA) is 46.8 Å². The first kappa shape index (κ1) is 14.2. The molecular formula is C15H9Br2N3OS. The van der Waals surface area contributed by atoms with Gasteiger partial charge >= 0.3 is 0 Å². The van der Waals surface area contributed by atoms with Crippen LogP contribution in [0.25, 0.3) is 21.8 Å². The van der Waals surface area contributed by atoms with Crippen molar-refractivity contribution in [1.82, 2.24) is 14.8 Å². The number of aromatic nitrogens is 3. The van der Waals surface area contributed by atoms with Gasteiger partial charge in [0.15, 0.2) is 0 Å². The molecule has 0 aliphatic heterocycles. The summed E-state index contributed by atoms with van der Waals surface area (Å²) < 4.78 is 9.69. The summed E-state index contributed by atoms with van der Waals surface area (Å²) in [5, 5.41) is 9.13. The Kier molecular flexibility index (Phi) is 3.43. The van der Waals surface area contributed by atoms with E-state index in [1.54, 1.807) is 0 Å². The highest BCUT2D eigenvalue weighted by atomic mass is 79.9. The van der Waals surface area contributed by atoms with E-state index in [1.807, 2.05) is 12.1 Å². The van der Waals surface area contributed by atoms with Crippen molar-refractivity contribution in [2.45, 2.75) is 6.54 Å². The first-order valence-corrected chi connectivity index (χ1v) is 8.52. The highest BCUT2D eigenvalue weighted by molar-refractivity contribution is 9.10. The summed E-state index contributed by atoms with van der Waals surface area (Å²) in [6.07, 6.45) is 0. The van der Waals surface area contributed by atoms with Gasteiger partial charge in [-0.25, -0.2) is 5.10 Å². The van der Waals surface area contributed by atoms with Gasteiger partial charge in [-0.3, -0.25) is 0 Å². The lowest BCUT2D eigenvalue weighted by Gasteiger charge is -2.04. The zero-order valence-electron chi connectivity index (χ0n) is 11.1. The first-order chi connectivity index (χ1) is 10.6. The van der Waals surface area contributed by atoms with Crippen molar-refractivity contribution in [2.24, 2.45) is 0 Å². The van der Waals surface area contributed by atoms with Crippen molar-refractivity contribution < 1.29 is 4.42 Å². The molecule has 0 amide bonds. The Bertz CT molecular complexity index is 1000. The molecule has 0 fully saturated rings. The standard InChI is InChI=1S/C15H9Br2N3OS/c16-8-1-3-12-10(5-8)11-6-9(17)2-4-13(11)20(12)7-14-18-19-15(22)21-14/h1-6H,7H2,(H,19,22). The second-order valence-corrected chi connectivity index (χ2v) is 7.12. The zero-order chi connectivity index (χ0) is 15.3. The zero-order valence-corrected chi connectivity index (χ0v) is 15.1. The van der Waals surface area contributed by atoms with E-state index in [0.717, 1.165) is 20.0 Å². The van der Waals surface area contributed by atoms with E-state index in [4.69, 9.17) is 16.6 Å². The molecule has 7 heteroatoms. The molecule has 0 saturated heterocycles. The van der Waals surface area contributed by atoms with Crippen molar-refractivity contribution >= 4 is 65.9 Å². The molecule has 22 heavy (non-hydrogen) atoms. The summed E-state index contributed by atoms with van der Waals surface area (Å²) in [7, 11) is 0. The third-order valence-corrected chi connectivity index (χ3v) is 4.73. The molecular weight excluding hydrogens is 430 g/mol. The third kappa shape index (κ3) is 2.33. The molecule has 0 spiro atoms. The fourth-order valence-electron chi connectivity index (χ4n) is 2.68. The maximum Gasteiger partial charge on any atom is 0.284 e. The molecule has 110 valence electrons. The molecule has 2 aromatic heterocycles. The average molecular weight is 439 g/mol. The fraction of sp³-hybridized carbons (Fsp3) is 0.0667. The molecule has 2 aromatic carbocycles. The number of rotatable bonds is 2. The number of nitrogens with one attached hydrogen (secondary N) is 1. The maximum atomic E-state index is 5.41. The molecule has 4 rings (SSSR count). The van der Waals surface area contributed by atoms with Gasteiger partial charge in [-0.2, -0.15) is 0 Å². The minimum Gasteiger partial charge on any atom is -0.412 e. The minimum atomic E-state index is 0.293. The van der Waals surface area contributed by atoms with E-state index < -0.39 is 0 Å². The Balaban J connectivity index is 2.04. The van der Waals surface area contributed by atoms with Crippen LogP contribution < -0.4 is 0 Å². The summed E-state index contributed by atoms with van der Waals surface area (Å²) in [6, 6.07) is 12.5. The molecule has 0 unspecified atom stereocenters. The van der Waals surface area contributed by atoms with Crippen molar-refractivity contribution in [2.75, 3.05) is 0 Å². The van der Waals surface area contributed by atoms with Gasteiger partial charge in [-0.1, -0.05) is 31.9 Å². The van der Waals surface area contributed by atoms with Crippen LogP contribution in [0.4, 0.5) is 0 Å². The van der Waals surface area contributed by atoms with Crippen molar-refractivity contribution in [1.29, 1.82) is 0 Å². The summed E-state index contributed by atoms with van der Waals surface area (Å²) in [6.45, 7) is 0.524. The average Bonchev–Trinajstić information content (AvgIpc) is 3.02. The van der Waals surface area contributed by atoms with E-state index in [-0.39, 0.29) is 0 Å². The number of hydrogen-bond acceptors (Lipinski definition) is 3. The molecule has 1 N–H and O–H groups in total. The van der Waals surface area contributed by atoms with Crippen LogP contribution in [0.2, 0.25) is 0 Å². The predicted octanol–water partition coefficient (Wildman–Crippen LogP) is 5.41.